The average Bonchev–Trinajstić information content (AvgIpc) is 2.20. The molecule has 78 valence electrons. The van der Waals surface area contributed by atoms with Gasteiger partial charge in [0.2, 0.25) is 5.75 Å². The van der Waals surface area contributed by atoms with Gasteiger partial charge in [-0.1, -0.05) is 0 Å². The largest absolute Gasteiger partial charge is 0.503 e. The van der Waals surface area contributed by atoms with Crippen molar-refractivity contribution in [3.63, 3.8) is 0 Å². The van der Waals surface area contributed by atoms with E-state index in [9.17, 15) is 5.11 Å². The number of hydrogen-bond acceptors (Lipinski definition) is 3. The first-order valence-electron chi connectivity index (χ1n) is 4.14. The summed E-state index contributed by atoms with van der Waals surface area (Å²) in [6.07, 6.45) is 0. The van der Waals surface area contributed by atoms with Crippen LogP contribution < -0.4 is 9.47 Å². The van der Waals surface area contributed by atoms with E-state index >= 15 is 0 Å². The van der Waals surface area contributed by atoms with Crippen LogP contribution in [-0.4, -0.2) is 19.3 Å². The molecule has 0 saturated heterocycles. The fourth-order valence-electron chi connectivity index (χ4n) is 1.33. The molecule has 0 amide bonds. The zero-order valence-corrected chi connectivity index (χ0v) is 10.2. The first-order valence-corrected chi connectivity index (χ1v) is 4.93. The van der Waals surface area contributed by atoms with Crippen LogP contribution in [0.2, 0.25) is 0 Å². The summed E-state index contributed by atoms with van der Waals surface area (Å²) in [5.74, 6) is 1.01. The monoisotopic (exact) mass is 260 g/mol. The lowest BCUT2D eigenvalue weighted by Gasteiger charge is -2.15. The van der Waals surface area contributed by atoms with Gasteiger partial charge >= 0.3 is 0 Å². The molecule has 1 N–H and O–H groups in total. The van der Waals surface area contributed by atoms with Crippen molar-refractivity contribution < 1.29 is 14.6 Å². The van der Waals surface area contributed by atoms with Crippen LogP contribution in [0.4, 0.5) is 0 Å². The Bertz CT molecular complexity index is 326. The van der Waals surface area contributed by atoms with Crippen LogP contribution in [0.15, 0.2) is 4.47 Å². The standard InChI is InChI=1S/C10H13BrO3/c1-5-6(2)9(13-3)10(14-4)8(12)7(5)11/h12H,1-4H3. The molecule has 14 heavy (non-hydrogen) atoms. The van der Waals surface area contributed by atoms with Gasteiger partial charge < -0.3 is 14.6 Å². The summed E-state index contributed by atoms with van der Waals surface area (Å²) in [6, 6.07) is 0. The van der Waals surface area contributed by atoms with Gasteiger partial charge in [-0.2, -0.15) is 0 Å². The van der Waals surface area contributed by atoms with Crippen LogP contribution in [0, 0.1) is 13.8 Å². The van der Waals surface area contributed by atoms with Gasteiger partial charge in [-0.15, -0.1) is 0 Å². The lowest BCUT2D eigenvalue weighted by molar-refractivity contribution is 0.330. The molecule has 0 spiro atoms. The van der Waals surface area contributed by atoms with Crippen molar-refractivity contribution in [2.45, 2.75) is 13.8 Å². The molecule has 0 radical (unpaired) electrons. The van der Waals surface area contributed by atoms with Crippen LogP contribution in [-0.2, 0) is 0 Å². The summed E-state index contributed by atoms with van der Waals surface area (Å²) in [6.45, 7) is 3.82. The van der Waals surface area contributed by atoms with E-state index in [0.717, 1.165) is 11.1 Å². The molecule has 1 aromatic carbocycles. The Balaban J connectivity index is 3.57. The van der Waals surface area contributed by atoms with Gasteiger partial charge in [0.15, 0.2) is 11.5 Å². The normalized spacial score (nSPS) is 10.1. The lowest BCUT2D eigenvalue weighted by Crippen LogP contribution is -1.97. The zero-order chi connectivity index (χ0) is 10.9. The van der Waals surface area contributed by atoms with Crippen molar-refractivity contribution in [1.82, 2.24) is 0 Å². The molecule has 1 aromatic rings. The number of ether oxygens (including phenoxy) is 2. The summed E-state index contributed by atoms with van der Waals surface area (Å²) < 4.78 is 10.9. The van der Waals surface area contributed by atoms with Crippen molar-refractivity contribution in [2.75, 3.05) is 14.2 Å². The maximum Gasteiger partial charge on any atom is 0.204 e. The molecule has 0 saturated carbocycles. The Morgan fingerprint density at radius 2 is 1.50 bits per heavy atom. The van der Waals surface area contributed by atoms with E-state index in [-0.39, 0.29) is 5.75 Å². The highest BCUT2D eigenvalue weighted by atomic mass is 79.9. The number of rotatable bonds is 2. The number of phenols is 1. The summed E-state index contributed by atoms with van der Waals surface area (Å²) in [4.78, 5) is 0. The number of methoxy groups -OCH3 is 2. The molecule has 4 heteroatoms. The predicted molar refractivity (Wildman–Crippen MR) is 58.4 cm³/mol. The summed E-state index contributed by atoms with van der Waals surface area (Å²) in [5.41, 5.74) is 1.90. The molecule has 0 aliphatic carbocycles. The van der Waals surface area contributed by atoms with Crippen LogP contribution in [0.5, 0.6) is 17.2 Å². The minimum absolute atomic E-state index is 0.0763. The van der Waals surface area contributed by atoms with E-state index in [2.05, 4.69) is 15.9 Å². The third-order valence-electron chi connectivity index (χ3n) is 2.27. The van der Waals surface area contributed by atoms with Crippen LogP contribution >= 0.6 is 15.9 Å². The van der Waals surface area contributed by atoms with Crippen molar-refractivity contribution >= 4 is 15.9 Å². The Labute approximate surface area is 91.8 Å². The van der Waals surface area contributed by atoms with E-state index in [0.29, 0.717) is 16.0 Å². The van der Waals surface area contributed by atoms with Gasteiger partial charge in [-0.05, 0) is 40.9 Å². The molecule has 0 aromatic heterocycles. The first kappa shape index (κ1) is 11.2. The maximum atomic E-state index is 9.76. The highest BCUT2D eigenvalue weighted by molar-refractivity contribution is 9.10. The Morgan fingerprint density at radius 1 is 1.00 bits per heavy atom. The highest BCUT2D eigenvalue weighted by Gasteiger charge is 2.19. The Kier molecular flexibility index (Phi) is 3.26. The quantitative estimate of drug-likeness (QED) is 0.889. The third kappa shape index (κ3) is 1.54. The number of hydrogen-bond donors (Lipinski definition) is 1. The average molecular weight is 261 g/mol. The summed E-state index contributed by atoms with van der Waals surface area (Å²) in [7, 11) is 3.05. The highest BCUT2D eigenvalue weighted by Crippen LogP contribution is 2.46. The van der Waals surface area contributed by atoms with Crippen molar-refractivity contribution in [1.29, 1.82) is 0 Å². The summed E-state index contributed by atoms with van der Waals surface area (Å²) >= 11 is 3.30. The number of benzene rings is 1. The molecule has 0 atom stereocenters. The van der Waals surface area contributed by atoms with Crippen molar-refractivity contribution in [2.24, 2.45) is 0 Å². The molecule has 0 fully saturated rings. The first-order chi connectivity index (χ1) is 6.54. The van der Waals surface area contributed by atoms with Gasteiger partial charge in [0.1, 0.15) is 0 Å². The molecule has 0 aliphatic heterocycles. The molecule has 0 aliphatic rings. The van der Waals surface area contributed by atoms with Crippen molar-refractivity contribution in [3.05, 3.63) is 15.6 Å². The van der Waals surface area contributed by atoms with Crippen LogP contribution in [0.25, 0.3) is 0 Å². The fourth-order valence-corrected chi connectivity index (χ4v) is 1.80. The maximum absolute atomic E-state index is 9.76. The number of phenolic OH excluding ortho intramolecular Hbond substituents is 1. The van der Waals surface area contributed by atoms with Crippen LogP contribution in [0.1, 0.15) is 11.1 Å². The van der Waals surface area contributed by atoms with Gasteiger partial charge in [0.05, 0.1) is 18.7 Å². The Hall–Kier alpha value is -0.900. The molecule has 0 bridgehead atoms. The predicted octanol–water partition coefficient (Wildman–Crippen LogP) is 2.79. The van der Waals surface area contributed by atoms with E-state index in [4.69, 9.17) is 9.47 Å². The Morgan fingerprint density at radius 3 is 1.93 bits per heavy atom. The molecular formula is C10H13BrO3. The second kappa shape index (κ2) is 4.09. The second-order valence-corrected chi connectivity index (χ2v) is 3.77. The second-order valence-electron chi connectivity index (χ2n) is 2.98. The molecule has 3 nitrogen and oxygen atoms in total. The smallest absolute Gasteiger partial charge is 0.204 e. The minimum atomic E-state index is 0.0763. The lowest BCUT2D eigenvalue weighted by atomic mass is 10.1. The van der Waals surface area contributed by atoms with Gasteiger partial charge in [0, 0.05) is 0 Å². The molecule has 0 unspecified atom stereocenters. The molecule has 0 heterocycles. The number of aromatic hydroxyl groups is 1. The zero-order valence-electron chi connectivity index (χ0n) is 8.64. The number of halogens is 1. The minimum Gasteiger partial charge on any atom is -0.503 e. The van der Waals surface area contributed by atoms with E-state index in [1.165, 1.54) is 7.11 Å². The fraction of sp³-hybridized carbons (Fsp3) is 0.400. The van der Waals surface area contributed by atoms with Crippen LogP contribution in [0.3, 0.4) is 0 Å². The third-order valence-corrected chi connectivity index (χ3v) is 3.24. The SMILES string of the molecule is COc1c(C)c(C)c(Br)c(O)c1OC. The molecular weight excluding hydrogens is 248 g/mol. The van der Waals surface area contributed by atoms with Gasteiger partial charge in [-0.3, -0.25) is 0 Å². The van der Waals surface area contributed by atoms with E-state index in [1.54, 1.807) is 7.11 Å². The van der Waals surface area contributed by atoms with E-state index < -0.39 is 0 Å². The topological polar surface area (TPSA) is 38.7 Å². The van der Waals surface area contributed by atoms with Crippen molar-refractivity contribution in [3.8, 4) is 17.2 Å². The summed E-state index contributed by atoms with van der Waals surface area (Å²) in [5, 5.41) is 9.76. The van der Waals surface area contributed by atoms with E-state index in [1.807, 2.05) is 13.8 Å². The molecule has 1 rings (SSSR count). The van der Waals surface area contributed by atoms with Gasteiger partial charge in [-0.25, -0.2) is 0 Å². The van der Waals surface area contributed by atoms with Gasteiger partial charge in [0.25, 0.3) is 0 Å².